The first kappa shape index (κ1) is 17.1. The summed E-state index contributed by atoms with van der Waals surface area (Å²) >= 11 is 0. The fraction of sp³-hybridized carbons (Fsp3) is 0.684. The van der Waals surface area contributed by atoms with Crippen molar-refractivity contribution in [2.24, 2.45) is 0 Å². The molecule has 1 heteroatoms. The Morgan fingerprint density at radius 2 is 1.20 bits per heavy atom. The fourth-order valence-electron chi connectivity index (χ4n) is 2.60. The summed E-state index contributed by atoms with van der Waals surface area (Å²) in [6, 6.07) is 9.01. The van der Waals surface area contributed by atoms with Gasteiger partial charge in [0.25, 0.3) is 0 Å². The summed E-state index contributed by atoms with van der Waals surface area (Å²) < 4.78 is 0. The number of unbranched alkanes of at least 4 members (excludes halogenated alkanes) is 8. The van der Waals surface area contributed by atoms with E-state index < -0.39 is 0 Å². The van der Waals surface area contributed by atoms with Crippen molar-refractivity contribution in [3.8, 4) is 0 Å². The zero-order valence-electron chi connectivity index (χ0n) is 13.8. The highest BCUT2D eigenvalue weighted by Gasteiger charge is 1.97. The predicted octanol–water partition coefficient (Wildman–Crippen LogP) is 5.83. The van der Waals surface area contributed by atoms with Gasteiger partial charge in [0.05, 0.1) is 0 Å². The van der Waals surface area contributed by atoms with E-state index in [0.717, 1.165) is 0 Å². The number of hydrogen-bond donors (Lipinski definition) is 0. The molecule has 114 valence electrons. The van der Waals surface area contributed by atoms with E-state index in [2.05, 4.69) is 50.2 Å². The molecule has 0 aromatic heterocycles. The van der Waals surface area contributed by atoms with E-state index in [1.54, 1.807) is 0 Å². The van der Waals surface area contributed by atoms with Gasteiger partial charge in [0.15, 0.2) is 0 Å². The van der Waals surface area contributed by atoms with E-state index in [-0.39, 0.29) is 0 Å². The van der Waals surface area contributed by atoms with Crippen LogP contribution in [0, 0.1) is 0 Å². The number of nitrogens with zero attached hydrogens (tertiary/aromatic N) is 1. The van der Waals surface area contributed by atoms with Gasteiger partial charge >= 0.3 is 0 Å². The lowest BCUT2D eigenvalue weighted by Crippen LogP contribution is -2.08. The average molecular weight is 275 g/mol. The Hall–Kier alpha value is -0.980. The van der Waals surface area contributed by atoms with E-state index >= 15 is 0 Å². The van der Waals surface area contributed by atoms with Crippen LogP contribution in [0.3, 0.4) is 0 Å². The minimum atomic E-state index is 1.24. The number of hydrogen-bond acceptors (Lipinski definition) is 1. The molecule has 0 amide bonds. The summed E-state index contributed by atoms with van der Waals surface area (Å²) in [5.41, 5.74) is 2.78. The van der Waals surface area contributed by atoms with Crippen molar-refractivity contribution in [1.29, 1.82) is 0 Å². The molecule has 0 atom stereocenters. The standard InChI is InChI=1S/C19H33N/c1-4-5-6-7-8-9-10-11-12-13-18-14-16-19(17-15-18)20(2)3/h14-17H,4-13H2,1-3H3. The second-order valence-corrected chi connectivity index (χ2v) is 6.14. The Labute approximate surface area is 126 Å². The third-order valence-corrected chi connectivity index (χ3v) is 4.02. The van der Waals surface area contributed by atoms with Crippen molar-refractivity contribution in [1.82, 2.24) is 0 Å². The summed E-state index contributed by atoms with van der Waals surface area (Å²) in [6.07, 6.45) is 13.9. The van der Waals surface area contributed by atoms with Crippen LogP contribution in [0.15, 0.2) is 24.3 Å². The van der Waals surface area contributed by atoms with Crippen LogP contribution in [0.5, 0.6) is 0 Å². The molecule has 0 fully saturated rings. The molecule has 0 aliphatic rings. The van der Waals surface area contributed by atoms with Crippen LogP contribution in [0.4, 0.5) is 5.69 Å². The molecule has 20 heavy (non-hydrogen) atoms. The molecule has 0 unspecified atom stereocenters. The van der Waals surface area contributed by atoms with Gasteiger partial charge < -0.3 is 4.90 Å². The summed E-state index contributed by atoms with van der Waals surface area (Å²) in [5.74, 6) is 0. The lowest BCUT2D eigenvalue weighted by molar-refractivity contribution is 0.565. The molecule has 0 saturated carbocycles. The van der Waals surface area contributed by atoms with Crippen LogP contribution in [0.1, 0.15) is 70.3 Å². The highest BCUT2D eigenvalue weighted by molar-refractivity contribution is 5.45. The van der Waals surface area contributed by atoms with Gasteiger partial charge in [-0.15, -0.1) is 0 Å². The number of anilines is 1. The van der Waals surface area contributed by atoms with Gasteiger partial charge in [-0.05, 0) is 30.5 Å². The fourth-order valence-corrected chi connectivity index (χ4v) is 2.60. The molecule has 1 rings (SSSR count). The molecule has 0 aliphatic heterocycles. The van der Waals surface area contributed by atoms with Crippen LogP contribution in [-0.4, -0.2) is 14.1 Å². The normalized spacial score (nSPS) is 10.8. The van der Waals surface area contributed by atoms with Crippen molar-refractivity contribution in [2.45, 2.75) is 71.1 Å². The van der Waals surface area contributed by atoms with Crippen molar-refractivity contribution >= 4 is 5.69 Å². The maximum Gasteiger partial charge on any atom is 0.0361 e. The van der Waals surface area contributed by atoms with E-state index in [4.69, 9.17) is 0 Å². The topological polar surface area (TPSA) is 3.24 Å². The summed E-state index contributed by atoms with van der Waals surface area (Å²) in [7, 11) is 4.19. The Balaban J connectivity index is 2.01. The minimum absolute atomic E-state index is 1.24. The van der Waals surface area contributed by atoms with Crippen LogP contribution in [0.25, 0.3) is 0 Å². The third-order valence-electron chi connectivity index (χ3n) is 4.02. The first-order valence-electron chi connectivity index (χ1n) is 8.50. The molecular formula is C19H33N. The molecule has 0 radical (unpaired) electrons. The van der Waals surface area contributed by atoms with E-state index in [9.17, 15) is 0 Å². The SMILES string of the molecule is CCCCCCCCCCCc1ccc(N(C)C)cc1. The average Bonchev–Trinajstić information content (AvgIpc) is 2.46. The van der Waals surface area contributed by atoms with E-state index in [0.29, 0.717) is 0 Å². The maximum atomic E-state index is 2.28. The Kier molecular flexibility index (Phi) is 9.19. The first-order chi connectivity index (χ1) is 9.74. The number of aryl methyl sites for hydroxylation is 1. The maximum absolute atomic E-state index is 2.28. The van der Waals surface area contributed by atoms with Crippen LogP contribution >= 0.6 is 0 Å². The quantitative estimate of drug-likeness (QED) is 0.459. The van der Waals surface area contributed by atoms with Crippen molar-refractivity contribution < 1.29 is 0 Å². The first-order valence-corrected chi connectivity index (χ1v) is 8.50. The molecule has 0 N–H and O–H groups in total. The van der Waals surface area contributed by atoms with Crippen LogP contribution < -0.4 is 4.90 Å². The predicted molar refractivity (Wildman–Crippen MR) is 91.7 cm³/mol. The number of benzene rings is 1. The molecule has 0 aliphatic carbocycles. The molecule has 0 spiro atoms. The van der Waals surface area contributed by atoms with E-state index in [1.807, 2.05) is 0 Å². The lowest BCUT2D eigenvalue weighted by Gasteiger charge is -2.12. The second-order valence-electron chi connectivity index (χ2n) is 6.14. The zero-order valence-corrected chi connectivity index (χ0v) is 13.8. The third kappa shape index (κ3) is 7.57. The molecule has 1 nitrogen and oxygen atoms in total. The molecule has 0 saturated heterocycles. The van der Waals surface area contributed by atoms with Crippen LogP contribution in [-0.2, 0) is 6.42 Å². The van der Waals surface area contributed by atoms with E-state index in [1.165, 1.54) is 75.5 Å². The van der Waals surface area contributed by atoms with Gasteiger partial charge in [-0.3, -0.25) is 0 Å². The summed E-state index contributed by atoms with van der Waals surface area (Å²) in [5, 5.41) is 0. The van der Waals surface area contributed by atoms with Gasteiger partial charge in [0.2, 0.25) is 0 Å². The Bertz CT molecular complexity index is 326. The molecule has 1 aromatic rings. The highest BCUT2D eigenvalue weighted by Crippen LogP contribution is 2.15. The number of rotatable bonds is 11. The smallest absolute Gasteiger partial charge is 0.0361 e. The van der Waals surface area contributed by atoms with Gasteiger partial charge in [0, 0.05) is 19.8 Å². The van der Waals surface area contributed by atoms with Gasteiger partial charge in [-0.25, -0.2) is 0 Å². The van der Waals surface area contributed by atoms with Gasteiger partial charge in [-0.2, -0.15) is 0 Å². The summed E-state index contributed by atoms with van der Waals surface area (Å²) in [6.45, 7) is 2.28. The lowest BCUT2D eigenvalue weighted by atomic mass is 10.0. The Morgan fingerprint density at radius 1 is 0.700 bits per heavy atom. The summed E-state index contributed by atoms with van der Waals surface area (Å²) in [4.78, 5) is 2.16. The zero-order chi connectivity index (χ0) is 14.6. The molecule has 0 heterocycles. The second kappa shape index (κ2) is 10.8. The van der Waals surface area contributed by atoms with Crippen molar-refractivity contribution in [3.63, 3.8) is 0 Å². The minimum Gasteiger partial charge on any atom is -0.378 e. The van der Waals surface area contributed by atoms with Gasteiger partial charge in [-0.1, -0.05) is 70.4 Å². The van der Waals surface area contributed by atoms with Crippen molar-refractivity contribution in [3.05, 3.63) is 29.8 Å². The van der Waals surface area contributed by atoms with Crippen molar-refractivity contribution in [2.75, 3.05) is 19.0 Å². The molecular weight excluding hydrogens is 242 g/mol. The largest absolute Gasteiger partial charge is 0.378 e. The molecule has 1 aromatic carbocycles. The van der Waals surface area contributed by atoms with Gasteiger partial charge in [0.1, 0.15) is 0 Å². The highest BCUT2D eigenvalue weighted by atomic mass is 15.1. The van der Waals surface area contributed by atoms with Crippen LogP contribution in [0.2, 0.25) is 0 Å². The molecule has 0 bridgehead atoms. The Morgan fingerprint density at radius 3 is 1.70 bits per heavy atom. The monoisotopic (exact) mass is 275 g/mol.